The second-order valence-electron chi connectivity index (χ2n) is 15.8. The van der Waals surface area contributed by atoms with Crippen molar-refractivity contribution in [2.45, 2.75) is 40.0 Å². The van der Waals surface area contributed by atoms with Crippen LogP contribution in [-0.2, 0) is 26.5 Å². The standard InChI is InChI=1S/C51H38N6.Pt/c1-31-15-6-7-18-36(31)48-53-54-49-41-29-34(25-27-37(41)38-19-8-12-23-44(38)57(48)49)51(4,5)35-26-28-40-39-20-9-11-22-43(39)55(46(40)30-35)50-52-42-21-10-13-24-45(42)56(50)47-32(2)16-14-17-33(47)3;/h6-28H,1-5H3;/q-2;+2. The van der Waals surface area contributed by atoms with Gasteiger partial charge in [-0.3, -0.25) is 4.57 Å². The van der Waals surface area contributed by atoms with E-state index in [4.69, 9.17) is 15.2 Å². The summed E-state index contributed by atoms with van der Waals surface area (Å²) in [6, 6.07) is 57.2. The van der Waals surface area contributed by atoms with Crippen molar-refractivity contribution >= 4 is 60.2 Å². The Morgan fingerprint density at radius 1 is 0.517 bits per heavy atom. The Morgan fingerprint density at radius 3 is 1.88 bits per heavy atom. The SMILES string of the molecule is Cc1ccccc1-c1nnc2c3[c-]c(C(C)(C)c4[c-]c5c(cc4)c4ccccc4n5-c4nc5ccccc5n4-c4c(C)cccc4C)ccc3c3ccccc3n12.[Pt+2]. The summed E-state index contributed by atoms with van der Waals surface area (Å²) in [5, 5.41) is 15.1. The van der Waals surface area contributed by atoms with Gasteiger partial charge in [-0.15, -0.1) is 34.2 Å². The second kappa shape index (κ2) is 13.4. The van der Waals surface area contributed by atoms with E-state index >= 15 is 0 Å². The molecule has 4 aromatic heterocycles. The van der Waals surface area contributed by atoms with E-state index in [1.54, 1.807) is 0 Å². The van der Waals surface area contributed by atoms with Crippen molar-refractivity contribution < 1.29 is 21.1 Å². The molecule has 0 aliphatic carbocycles. The molecule has 0 bridgehead atoms. The van der Waals surface area contributed by atoms with E-state index in [1.807, 2.05) is 0 Å². The first-order chi connectivity index (χ1) is 27.8. The van der Waals surface area contributed by atoms with Gasteiger partial charge in [-0.2, -0.15) is 28.9 Å². The molecule has 0 radical (unpaired) electrons. The molecule has 0 spiro atoms. The molecule has 0 aliphatic rings. The van der Waals surface area contributed by atoms with Crippen LogP contribution in [0.1, 0.15) is 41.7 Å². The van der Waals surface area contributed by atoms with Crippen LogP contribution < -0.4 is 0 Å². The van der Waals surface area contributed by atoms with Crippen LogP contribution in [0, 0.1) is 32.9 Å². The third-order valence-electron chi connectivity index (χ3n) is 12.0. The van der Waals surface area contributed by atoms with E-state index in [2.05, 4.69) is 200 Å². The largest absolute Gasteiger partial charge is 2.00 e. The number of imidazole rings is 1. The summed E-state index contributed by atoms with van der Waals surface area (Å²) in [5.74, 6) is 1.67. The number of hydrogen-bond acceptors (Lipinski definition) is 3. The van der Waals surface area contributed by atoms with E-state index in [-0.39, 0.29) is 21.1 Å². The minimum atomic E-state index is -0.474. The Bertz CT molecular complexity index is 3420. The van der Waals surface area contributed by atoms with Crippen molar-refractivity contribution in [3.05, 3.63) is 179 Å². The number of hydrogen-bond donors (Lipinski definition) is 0. The van der Waals surface area contributed by atoms with E-state index < -0.39 is 5.41 Å². The number of para-hydroxylation sites is 5. The van der Waals surface area contributed by atoms with Crippen LogP contribution in [0.4, 0.5) is 0 Å². The van der Waals surface area contributed by atoms with Crippen molar-refractivity contribution in [2.24, 2.45) is 0 Å². The summed E-state index contributed by atoms with van der Waals surface area (Å²) in [5.41, 5.74) is 13.3. The first kappa shape index (κ1) is 36.0. The van der Waals surface area contributed by atoms with Gasteiger partial charge in [-0.05, 0) is 77.9 Å². The van der Waals surface area contributed by atoms with Crippen molar-refractivity contribution in [3.8, 4) is 23.0 Å². The first-order valence-corrected chi connectivity index (χ1v) is 19.5. The fourth-order valence-electron chi connectivity index (χ4n) is 8.98. The summed E-state index contributed by atoms with van der Waals surface area (Å²) in [6.07, 6.45) is 0. The van der Waals surface area contributed by atoms with Crippen LogP contribution in [0.25, 0.3) is 83.2 Å². The molecule has 4 heterocycles. The third kappa shape index (κ3) is 5.17. The Morgan fingerprint density at radius 2 is 1.12 bits per heavy atom. The molecule has 0 unspecified atom stereocenters. The molecule has 11 aromatic rings. The Balaban J connectivity index is 0.00000408. The van der Waals surface area contributed by atoms with Gasteiger partial charge in [-0.25, -0.2) is 4.98 Å². The van der Waals surface area contributed by atoms with Gasteiger partial charge in [0.2, 0.25) is 5.95 Å². The predicted molar refractivity (Wildman–Crippen MR) is 233 cm³/mol. The van der Waals surface area contributed by atoms with Crippen LogP contribution in [0.5, 0.6) is 0 Å². The normalized spacial score (nSPS) is 12.1. The Hall–Kier alpha value is -6.36. The first-order valence-electron chi connectivity index (χ1n) is 19.5. The number of aromatic nitrogens is 6. The van der Waals surface area contributed by atoms with Gasteiger partial charge in [0.05, 0.1) is 22.4 Å². The minimum absolute atomic E-state index is 0. The van der Waals surface area contributed by atoms with Crippen LogP contribution in [-0.4, -0.2) is 28.7 Å². The molecule has 6 nitrogen and oxygen atoms in total. The minimum Gasteiger partial charge on any atom is -0.316 e. The number of nitrogens with zero attached hydrogens (tertiary/aromatic N) is 6. The molecular weight excluding hydrogens is 892 g/mol. The molecule has 0 fully saturated rings. The van der Waals surface area contributed by atoms with Crippen molar-refractivity contribution in [3.63, 3.8) is 0 Å². The quantitative estimate of drug-likeness (QED) is 0.128. The fraction of sp³-hybridized carbons (Fsp3) is 0.118. The van der Waals surface area contributed by atoms with Crippen molar-refractivity contribution in [1.29, 1.82) is 0 Å². The van der Waals surface area contributed by atoms with Gasteiger partial charge in [0, 0.05) is 16.6 Å². The van der Waals surface area contributed by atoms with Crippen LogP contribution in [0.15, 0.2) is 140 Å². The molecule has 58 heavy (non-hydrogen) atoms. The third-order valence-corrected chi connectivity index (χ3v) is 12.0. The van der Waals surface area contributed by atoms with Gasteiger partial charge in [0.15, 0.2) is 5.82 Å². The summed E-state index contributed by atoms with van der Waals surface area (Å²) in [7, 11) is 0. The zero-order valence-electron chi connectivity index (χ0n) is 32.8. The Kier molecular flexibility index (Phi) is 8.30. The smallest absolute Gasteiger partial charge is 0.316 e. The molecule has 7 heteroatoms. The average Bonchev–Trinajstić information content (AvgIpc) is 3.93. The molecule has 0 N–H and O–H groups in total. The molecule has 0 atom stereocenters. The number of rotatable bonds is 5. The van der Waals surface area contributed by atoms with Gasteiger partial charge < -0.3 is 8.97 Å². The van der Waals surface area contributed by atoms with E-state index in [1.165, 1.54) is 11.1 Å². The van der Waals surface area contributed by atoms with E-state index in [9.17, 15) is 0 Å². The van der Waals surface area contributed by atoms with Crippen LogP contribution in [0.2, 0.25) is 0 Å². The molecule has 11 rings (SSSR count). The predicted octanol–water partition coefficient (Wildman–Crippen LogP) is 12.0. The zero-order chi connectivity index (χ0) is 38.6. The van der Waals surface area contributed by atoms with E-state index in [0.29, 0.717) is 0 Å². The number of pyridine rings is 1. The summed E-state index contributed by atoms with van der Waals surface area (Å²) in [4.78, 5) is 5.37. The van der Waals surface area contributed by atoms with Gasteiger partial charge in [-0.1, -0.05) is 121 Å². The number of aryl methyl sites for hydroxylation is 3. The van der Waals surface area contributed by atoms with Crippen molar-refractivity contribution in [2.75, 3.05) is 0 Å². The van der Waals surface area contributed by atoms with Gasteiger partial charge in [0.25, 0.3) is 0 Å². The molecule has 0 amide bonds. The average molecular weight is 930 g/mol. The maximum atomic E-state index is 5.37. The maximum absolute atomic E-state index is 5.37. The second-order valence-corrected chi connectivity index (χ2v) is 15.8. The van der Waals surface area contributed by atoms with Crippen molar-refractivity contribution in [1.82, 2.24) is 28.7 Å². The molecule has 7 aromatic carbocycles. The topological polar surface area (TPSA) is 52.9 Å². The molecule has 0 saturated heterocycles. The molecule has 0 aliphatic heterocycles. The maximum Gasteiger partial charge on any atom is 2.00 e. The fourth-order valence-corrected chi connectivity index (χ4v) is 8.98. The number of benzene rings is 7. The summed E-state index contributed by atoms with van der Waals surface area (Å²) >= 11 is 0. The van der Waals surface area contributed by atoms with Crippen LogP contribution in [0.3, 0.4) is 0 Å². The zero-order valence-corrected chi connectivity index (χ0v) is 35.1. The molecule has 282 valence electrons. The van der Waals surface area contributed by atoms with Crippen LogP contribution >= 0.6 is 0 Å². The Labute approximate surface area is 350 Å². The summed E-state index contributed by atoms with van der Waals surface area (Å²) < 4.78 is 6.83. The molecule has 0 saturated carbocycles. The monoisotopic (exact) mass is 929 g/mol. The van der Waals surface area contributed by atoms with E-state index in [0.717, 1.165) is 99.9 Å². The van der Waals surface area contributed by atoms with Gasteiger partial charge >= 0.3 is 21.1 Å². The number of fused-ring (bicyclic) bond motifs is 10. The summed E-state index contributed by atoms with van der Waals surface area (Å²) in [6.45, 7) is 11.0. The van der Waals surface area contributed by atoms with Gasteiger partial charge in [0.1, 0.15) is 0 Å². The molecular formula is C51H38N6Pt.